The Morgan fingerprint density at radius 2 is 2.18 bits per heavy atom. The van der Waals surface area contributed by atoms with Gasteiger partial charge < -0.3 is 0 Å². The van der Waals surface area contributed by atoms with Gasteiger partial charge >= 0.3 is 0 Å². The van der Waals surface area contributed by atoms with Gasteiger partial charge in [-0.05, 0) is 18.2 Å². The predicted octanol–water partition coefficient (Wildman–Crippen LogP) is 1.52. The van der Waals surface area contributed by atoms with Crippen LogP contribution in [0.2, 0.25) is 0 Å². The van der Waals surface area contributed by atoms with Gasteiger partial charge in [-0.1, -0.05) is 0 Å². The van der Waals surface area contributed by atoms with Gasteiger partial charge in [-0.15, -0.1) is 0 Å². The van der Waals surface area contributed by atoms with E-state index in [1.54, 1.807) is 7.05 Å². The molecule has 6 heteroatoms. The molecule has 2 aromatic rings. The molecule has 4 nitrogen and oxygen atoms in total. The van der Waals surface area contributed by atoms with Crippen LogP contribution in [-0.2, 0) is 13.5 Å². The standard InChI is InChI=1S/C11H9F2N3O/c1-16-11(14-6-15-16)5-10(17)8-4-7(12)2-3-9(8)13/h2-4,6H,5H2,1H3. The molecule has 1 heterocycles. The summed E-state index contributed by atoms with van der Waals surface area (Å²) in [5.74, 6) is -1.51. The van der Waals surface area contributed by atoms with Crippen LogP contribution in [0.1, 0.15) is 16.2 Å². The second-order valence-electron chi connectivity index (χ2n) is 3.52. The molecule has 0 aliphatic carbocycles. The number of hydrogen-bond donors (Lipinski definition) is 0. The smallest absolute Gasteiger partial charge is 0.173 e. The van der Waals surface area contributed by atoms with Gasteiger partial charge in [0.05, 0.1) is 12.0 Å². The summed E-state index contributed by atoms with van der Waals surface area (Å²) in [7, 11) is 1.62. The van der Waals surface area contributed by atoms with E-state index < -0.39 is 17.4 Å². The number of Topliss-reactive ketones (excluding diaryl/α,β-unsaturated/α-hetero) is 1. The lowest BCUT2D eigenvalue weighted by molar-refractivity contribution is 0.0985. The number of hydrogen-bond acceptors (Lipinski definition) is 3. The summed E-state index contributed by atoms with van der Waals surface area (Å²) in [6.45, 7) is 0. The number of halogens is 2. The minimum Gasteiger partial charge on any atom is -0.294 e. The van der Waals surface area contributed by atoms with Crippen LogP contribution in [-0.4, -0.2) is 20.5 Å². The largest absolute Gasteiger partial charge is 0.294 e. The maximum atomic E-state index is 13.3. The van der Waals surface area contributed by atoms with E-state index in [0.717, 1.165) is 18.2 Å². The Bertz CT molecular complexity index is 566. The van der Waals surface area contributed by atoms with Crippen molar-refractivity contribution in [1.82, 2.24) is 14.8 Å². The van der Waals surface area contributed by atoms with Gasteiger partial charge in [-0.3, -0.25) is 9.48 Å². The lowest BCUT2D eigenvalue weighted by Crippen LogP contribution is -2.11. The molecule has 1 aromatic carbocycles. The van der Waals surface area contributed by atoms with Crippen molar-refractivity contribution in [2.24, 2.45) is 7.05 Å². The van der Waals surface area contributed by atoms with E-state index >= 15 is 0 Å². The van der Waals surface area contributed by atoms with Crippen molar-refractivity contribution in [2.75, 3.05) is 0 Å². The number of carbonyl (C=O) groups excluding carboxylic acids is 1. The minimum absolute atomic E-state index is 0.114. The molecule has 0 bridgehead atoms. The van der Waals surface area contributed by atoms with Crippen molar-refractivity contribution < 1.29 is 13.6 Å². The molecule has 2 rings (SSSR count). The molecular weight excluding hydrogens is 228 g/mol. The molecule has 0 unspecified atom stereocenters. The van der Waals surface area contributed by atoms with Crippen LogP contribution in [0.5, 0.6) is 0 Å². The molecular formula is C11H9F2N3O. The molecule has 0 saturated carbocycles. The predicted molar refractivity (Wildman–Crippen MR) is 55.4 cm³/mol. The normalized spacial score (nSPS) is 10.5. The third kappa shape index (κ3) is 2.35. The van der Waals surface area contributed by atoms with E-state index in [2.05, 4.69) is 10.1 Å². The van der Waals surface area contributed by atoms with Gasteiger partial charge in [0.25, 0.3) is 0 Å². The lowest BCUT2D eigenvalue weighted by atomic mass is 10.1. The molecule has 17 heavy (non-hydrogen) atoms. The Balaban J connectivity index is 2.26. The zero-order valence-electron chi connectivity index (χ0n) is 9.02. The van der Waals surface area contributed by atoms with Gasteiger partial charge in [-0.25, -0.2) is 13.8 Å². The van der Waals surface area contributed by atoms with Crippen molar-refractivity contribution in [3.05, 3.63) is 47.5 Å². The van der Waals surface area contributed by atoms with Crippen LogP contribution in [0.25, 0.3) is 0 Å². The van der Waals surface area contributed by atoms with Crippen molar-refractivity contribution in [3.63, 3.8) is 0 Å². The summed E-state index contributed by atoms with van der Waals surface area (Å²) < 4.78 is 27.6. The SMILES string of the molecule is Cn1ncnc1CC(=O)c1cc(F)ccc1F. The van der Waals surface area contributed by atoms with Crippen LogP contribution in [0.4, 0.5) is 8.78 Å². The van der Waals surface area contributed by atoms with Gasteiger partial charge in [0.2, 0.25) is 0 Å². The summed E-state index contributed by atoms with van der Waals surface area (Å²) in [6, 6.07) is 2.78. The van der Waals surface area contributed by atoms with Crippen LogP contribution < -0.4 is 0 Å². The average molecular weight is 237 g/mol. The van der Waals surface area contributed by atoms with E-state index in [9.17, 15) is 13.6 Å². The van der Waals surface area contributed by atoms with E-state index in [1.165, 1.54) is 11.0 Å². The van der Waals surface area contributed by atoms with Crippen molar-refractivity contribution in [1.29, 1.82) is 0 Å². The Morgan fingerprint density at radius 3 is 2.82 bits per heavy atom. The Hall–Kier alpha value is -2.11. The van der Waals surface area contributed by atoms with E-state index in [-0.39, 0.29) is 12.0 Å². The molecule has 0 aliphatic heterocycles. The zero-order chi connectivity index (χ0) is 12.4. The minimum atomic E-state index is -0.737. The molecule has 0 saturated heterocycles. The number of rotatable bonds is 3. The molecule has 0 radical (unpaired) electrons. The third-order valence-electron chi connectivity index (χ3n) is 2.35. The lowest BCUT2D eigenvalue weighted by Gasteiger charge is -2.02. The molecule has 0 amide bonds. The number of aromatic nitrogens is 3. The molecule has 0 atom stereocenters. The number of aryl methyl sites for hydroxylation is 1. The van der Waals surface area contributed by atoms with E-state index in [0.29, 0.717) is 5.82 Å². The summed E-state index contributed by atoms with van der Waals surface area (Å²) in [4.78, 5) is 15.6. The highest BCUT2D eigenvalue weighted by Gasteiger charge is 2.15. The fourth-order valence-electron chi connectivity index (χ4n) is 1.43. The summed E-state index contributed by atoms with van der Waals surface area (Å²) in [6.07, 6.45) is 1.18. The van der Waals surface area contributed by atoms with Gasteiger partial charge in [0, 0.05) is 7.05 Å². The molecule has 0 aliphatic rings. The highest BCUT2D eigenvalue weighted by Crippen LogP contribution is 2.12. The second-order valence-corrected chi connectivity index (χ2v) is 3.52. The van der Waals surface area contributed by atoms with E-state index in [4.69, 9.17) is 0 Å². The molecule has 1 aromatic heterocycles. The van der Waals surface area contributed by atoms with Crippen LogP contribution >= 0.6 is 0 Å². The third-order valence-corrected chi connectivity index (χ3v) is 2.35. The topological polar surface area (TPSA) is 47.8 Å². The second kappa shape index (κ2) is 4.40. The monoisotopic (exact) mass is 237 g/mol. The first-order chi connectivity index (χ1) is 8.08. The van der Waals surface area contributed by atoms with Gasteiger partial charge in [0.1, 0.15) is 23.8 Å². The number of ketones is 1. The number of carbonyl (C=O) groups is 1. The highest BCUT2D eigenvalue weighted by molar-refractivity contribution is 5.97. The Kier molecular flexibility index (Phi) is 2.95. The molecule has 0 N–H and O–H groups in total. The Morgan fingerprint density at radius 1 is 1.41 bits per heavy atom. The van der Waals surface area contributed by atoms with Gasteiger partial charge in [0.15, 0.2) is 5.78 Å². The van der Waals surface area contributed by atoms with Crippen LogP contribution in [0.3, 0.4) is 0 Å². The summed E-state index contributed by atoms with van der Waals surface area (Å²) in [5.41, 5.74) is -0.270. The number of nitrogens with zero attached hydrogens (tertiary/aromatic N) is 3. The van der Waals surface area contributed by atoms with Crippen molar-refractivity contribution in [2.45, 2.75) is 6.42 Å². The van der Waals surface area contributed by atoms with Crippen LogP contribution in [0, 0.1) is 11.6 Å². The first-order valence-electron chi connectivity index (χ1n) is 4.89. The molecule has 88 valence electrons. The Labute approximate surface area is 95.9 Å². The summed E-state index contributed by atoms with van der Waals surface area (Å²) in [5, 5.41) is 3.79. The fourth-order valence-corrected chi connectivity index (χ4v) is 1.43. The first-order valence-corrected chi connectivity index (χ1v) is 4.89. The quantitative estimate of drug-likeness (QED) is 0.760. The average Bonchev–Trinajstić information content (AvgIpc) is 2.68. The van der Waals surface area contributed by atoms with Gasteiger partial charge in [-0.2, -0.15) is 5.10 Å². The molecule has 0 fully saturated rings. The van der Waals surface area contributed by atoms with Crippen molar-refractivity contribution >= 4 is 5.78 Å². The maximum Gasteiger partial charge on any atom is 0.173 e. The summed E-state index contributed by atoms with van der Waals surface area (Å²) >= 11 is 0. The first kappa shape index (κ1) is 11.4. The van der Waals surface area contributed by atoms with Crippen molar-refractivity contribution in [3.8, 4) is 0 Å². The van der Waals surface area contributed by atoms with E-state index in [1.807, 2.05) is 0 Å². The number of benzene rings is 1. The zero-order valence-corrected chi connectivity index (χ0v) is 9.02. The molecule has 0 spiro atoms. The maximum absolute atomic E-state index is 13.3. The van der Waals surface area contributed by atoms with Crippen LogP contribution in [0.15, 0.2) is 24.5 Å². The highest BCUT2D eigenvalue weighted by atomic mass is 19.1. The fraction of sp³-hybridized carbons (Fsp3) is 0.182.